The third-order valence-corrected chi connectivity index (χ3v) is 5.69. The van der Waals surface area contributed by atoms with Gasteiger partial charge in [0.25, 0.3) is 0 Å². The number of ether oxygens (including phenoxy) is 1. The average Bonchev–Trinajstić information content (AvgIpc) is 3.49. The van der Waals surface area contributed by atoms with Crippen LogP contribution in [0.5, 0.6) is 0 Å². The number of hydrogen-bond acceptors (Lipinski definition) is 5. The zero-order chi connectivity index (χ0) is 24.1. The van der Waals surface area contributed by atoms with Crippen LogP contribution in [-0.2, 0) is 42.5 Å². The molecule has 0 spiro atoms. The third kappa shape index (κ3) is 7.74. The summed E-state index contributed by atoms with van der Waals surface area (Å²) in [5.41, 5.74) is 1.12. The van der Waals surface area contributed by atoms with E-state index in [0.717, 1.165) is 17.1 Å². The first-order chi connectivity index (χ1) is 15.6. The fraction of sp³-hybridized carbons (Fsp3) is 0.280. The Balaban J connectivity index is 0.000000386. The van der Waals surface area contributed by atoms with Gasteiger partial charge in [-0.1, -0.05) is 24.3 Å². The zero-order valence-corrected chi connectivity index (χ0v) is 20.7. The summed E-state index contributed by atoms with van der Waals surface area (Å²) in [7, 11) is -0.388. The van der Waals surface area contributed by atoms with E-state index in [1.807, 2.05) is 64.8 Å². The number of carboxylic acid groups (broad SMARTS) is 1. The maximum atomic E-state index is 11.7. The molecule has 1 aliphatic heterocycles. The van der Waals surface area contributed by atoms with Gasteiger partial charge in [0.1, 0.15) is 6.61 Å². The molecule has 178 valence electrons. The first-order valence-electron chi connectivity index (χ1n) is 10.6. The quantitative estimate of drug-likeness (QED) is 0.598. The Labute approximate surface area is 214 Å². The first-order valence-corrected chi connectivity index (χ1v) is 10.6. The van der Waals surface area contributed by atoms with Crippen molar-refractivity contribution in [1.29, 1.82) is 0 Å². The van der Waals surface area contributed by atoms with Crippen molar-refractivity contribution in [3.8, 4) is 0 Å². The summed E-state index contributed by atoms with van der Waals surface area (Å²) in [6.07, 6.45) is 13.4. The van der Waals surface area contributed by atoms with Crippen molar-refractivity contribution in [3.05, 3.63) is 93.2 Å². The predicted molar refractivity (Wildman–Crippen MR) is 124 cm³/mol. The van der Waals surface area contributed by atoms with E-state index in [4.69, 9.17) is 19.2 Å². The molecule has 9 heteroatoms. The van der Waals surface area contributed by atoms with Crippen LogP contribution in [0, 0.1) is 63.3 Å². The maximum absolute atomic E-state index is 11.7. The Morgan fingerprint density at radius 1 is 0.912 bits per heavy atom. The van der Waals surface area contributed by atoms with Gasteiger partial charge >= 0.3 is 36.2 Å². The van der Waals surface area contributed by atoms with E-state index >= 15 is 0 Å². The van der Waals surface area contributed by atoms with Crippen molar-refractivity contribution in [3.63, 3.8) is 0 Å². The van der Waals surface area contributed by atoms with Gasteiger partial charge in [-0.3, -0.25) is 4.79 Å². The molecule has 1 aromatic rings. The minimum atomic E-state index is -0.866. The molecular formula is C25H28BFeNO6+2. The molecule has 3 fully saturated rings. The number of aliphatic carboxylic acids is 1. The Morgan fingerprint density at radius 2 is 1.41 bits per heavy atom. The first kappa shape index (κ1) is 28.7. The number of amides is 1. The van der Waals surface area contributed by atoms with Gasteiger partial charge in [0.05, 0.1) is 23.2 Å². The number of rotatable bonds is 5. The van der Waals surface area contributed by atoms with Gasteiger partial charge < -0.3 is 24.5 Å². The summed E-state index contributed by atoms with van der Waals surface area (Å²) in [6.45, 7) is 8.32. The second kappa shape index (κ2) is 12.4. The van der Waals surface area contributed by atoms with Crippen LogP contribution < -0.4 is 10.8 Å². The molecule has 10 radical (unpaired) electrons. The van der Waals surface area contributed by atoms with Gasteiger partial charge in [0.15, 0.2) is 0 Å². The smallest absolute Gasteiger partial charge is 0.481 e. The molecule has 3 aliphatic rings. The zero-order valence-electron chi connectivity index (χ0n) is 19.6. The number of alkyl carbamates (subject to hydrolysis) is 1. The van der Waals surface area contributed by atoms with Gasteiger partial charge in [-0.15, -0.1) is 0 Å². The van der Waals surface area contributed by atoms with Crippen molar-refractivity contribution >= 4 is 24.6 Å². The number of carbonyl (C=O) groups excluding carboxylic acids is 1. The van der Waals surface area contributed by atoms with Gasteiger partial charge in [-0.05, 0) is 90.1 Å². The van der Waals surface area contributed by atoms with E-state index in [2.05, 4.69) is 5.32 Å². The summed E-state index contributed by atoms with van der Waals surface area (Å²) in [5, 5.41) is 10.9. The van der Waals surface area contributed by atoms with Crippen LogP contribution in [0.15, 0.2) is 24.3 Å². The Kier molecular flexibility index (Phi) is 10.5. The second-order valence-electron chi connectivity index (χ2n) is 8.68. The largest absolute Gasteiger partial charge is 2.00 e. The standard InChI is InChI=1S/C19H23BNO4.C6H5O2.Fe/c1-18(2)19(3,4)25-20(24-18)15-11-9-14(10-12-15)13-23-17(22)21-16-7-5-6-8-16;7-6(8)5-3-1-2-4-5;/h5-12H,13H2,1-4H3,(H,21,22);1-4H,(H,7,8);/q;;+2. The number of carboxylic acids is 1. The molecule has 2 saturated carbocycles. The molecule has 2 aliphatic carbocycles. The molecule has 7 nitrogen and oxygen atoms in total. The van der Waals surface area contributed by atoms with Crippen molar-refractivity contribution < 1.29 is 45.8 Å². The molecule has 0 atom stereocenters. The summed E-state index contributed by atoms with van der Waals surface area (Å²) >= 11 is 0. The maximum Gasteiger partial charge on any atom is 2.00 e. The van der Waals surface area contributed by atoms with Gasteiger partial charge in [-0.25, -0.2) is 4.79 Å². The topological polar surface area (TPSA) is 94.1 Å². The predicted octanol–water partition coefficient (Wildman–Crippen LogP) is 3.05. The average molecular weight is 505 g/mol. The summed E-state index contributed by atoms with van der Waals surface area (Å²) < 4.78 is 17.3. The monoisotopic (exact) mass is 505 g/mol. The second-order valence-corrected chi connectivity index (χ2v) is 8.68. The van der Waals surface area contributed by atoms with Gasteiger partial charge in [-0.2, -0.15) is 0 Å². The minimum Gasteiger partial charge on any atom is -0.481 e. The van der Waals surface area contributed by atoms with Crippen LogP contribution in [0.3, 0.4) is 0 Å². The van der Waals surface area contributed by atoms with Crippen LogP contribution in [0.25, 0.3) is 0 Å². The molecule has 1 amide bonds. The Bertz CT molecular complexity index is 788. The molecular weight excluding hydrogens is 477 g/mol. The minimum absolute atomic E-state index is 0. The molecule has 1 aromatic carbocycles. The third-order valence-electron chi connectivity index (χ3n) is 5.69. The van der Waals surface area contributed by atoms with Crippen molar-refractivity contribution in [2.75, 3.05) is 0 Å². The van der Waals surface area contributed by atoms with E-state index < -0.39 is 12.1 Å². The number of nitrogens with one attached hydrogen (secondary N) is 1. The van der Waals surface area contributed by atoms with Crippen LogP contribution in [-0.4, -0.2) is 35.5 Å². The van der Waals surface area contributed by atoms with E-state index in [0.29, 0.717) is 5.92 Å². The summed E-state index contributed by atoms with van der Waals surface area (Å²) in [5.74, 6) is -0.514. The van der Waals surface area contributed by atoms with Gasteiger partial charge in [0, 0.05) is 0 Å². The normalized spacial score (nSPS) is 21.4. The summed E-state index contributed by atoms with van der Waals surface area (Å²) in [4.78, 5) is 21.8. The summed E-state index contributed by atoms with van der Waals surface area (Å²) in [6, 6.07) is 8.43. The van der Waals surface area contributed by atoms with Gasteiger partial charge in [0.2, 0.25) is 0 Å². The molecule has 34 heavy (non-hydrogen) atoms. The SMILES string of the molecule is CC1(C)OB(c2ccc(COC(=O)N[C]3[CH][CH][CH][CH]3)cc2)OC1(C)C.O=C(O)[C]1[CH][CH][CH][CH]1.[Fe+2]. The number of benzene rings is 1. The van der Waals surface area contributed by atoms with Crippen LogP contribution in [0.2, 0.25) is 0 Å². The van der Waals surface area contributed by atoms with Crippen LogP contribution >= 0.6 is 0 Å². The van der Waals surface area contributed by atoms with Crippen molar-refractivity contribution in [2.45, 2.75) is 45.5 Å². The number of hydrogen-bond donors (Lipinski definition) is 2. The van der Waals surface area contributed by atoms with E-state index in [9.17, 15) is 9.59 Å². The molecule has 2 N–H and O–H groups in total. The molecule has 0 unspecified atom stereocenters. The van der Waals surface area contributed by atoms with Crippen molar-refractivity contribution in [2.24, 2.45) is 0 Å². The van der Waals surface area contributed by atoms with Crippen LogP contribution in [0.1, 0.15) is 33.3 Å². The van der Waals surface area contributed by atoms with Crippen LogP contribution in [0.4, 0.5) is 4.79 Å². The Hall–Kier alpha value is -1.54. The molecule has 0 bridgehead atoms. The van der Waals surface area contributed by atoms with Crippen molar-refractivity contribution in [1.82, 2.24) is 5.32 Å². The fourth-order valence-electron chi connectivity index (χ4n) is 3.03. The van der Waals surface area contributed by atoms with E-state index in [-0.39, 0.29) is 42.0 Å². The van der Waals surface area contributed by atoms with E-state index in [1.165, 1.54) is 0 Å². The molecule has 1 saturated heterocycles. The molecule has 4 rings (SSSR count). The van der Waals surface area contributed by atoms with E-state index in [1.54, 1.807) is 38.5 Å². The Morgan fingerprint density at radius 3 is 1.88 bits per heavy atom. The fourth-order valence-corrected chi connectivity index (χ4v) is 3.03. The molecule has 1 heterocycles. The number of carbonyl (C=O) groups is 2. The molecule has 0 aromatic heterocycles.